The average molecular weight is 463 g/mol. The van der Waals surface area contributed by atoms with Gasteiger partial charge in [-0.3, -0.25) is 4.79 Å². The lowest BCUT2D eigenvalue weighted by atomic mass is 9.83. The van der Waals surface area contributed by atoms with Crippen LogP contribution in [0.25, 0.3) is 0 Å². The lowest BCUT2D eigenvalue weighted by Crippen LogP contribution is -2.38. The molecular weight excluding hydrogens is 438 g/mol. The van der Waals surface area contributed by atoms with Gasteiger partial charge in [0.15, 0.2) is 0 Å². The molecular formula is C25H25F4NO3. The number of hydrogen-bond acceptors (Lipinski definition) is 3. The fraction of sp³-hybridized carbons (Fsp3) is 0.360. The molecule has 0 saturated carbocycles. The lowest BCUT2D eigenvalue weighted by Gasteiger charge is -2.35. The summed E-state index contributed by atoms with van der Waals surface area (Å²) >= 11 is 0. The number of nitrogens with zero attached hydrogens (tertiary/aromatic N) is 1. The summed E-state index contributed by atoms with van der Waals surface area (Å²) in [4.78, 5) is 27.4. The van der Waals surface area contributed by atoms with Crippen molar-refractivity contribution < 1.29 is 31.9 Å². The zero-order valence-electron chi connectivity index (χ0n) is 18.6. The molecule has 2 aromatic carbocycles. The Morgan fingerprint density at radius 1 is 1.15 bits per heavy atom. The average Bonchev–Trinajstić information content (AvgIpc) is 2.74. The molecule has 0 radical (unpaired) electrons. The Kier molecular flexibility index (Phi) is 7.25. The van der Waals surface area contributed by atoms with Gasteiger partial charge in [0.05, 0.1) is 24.3 Å². The molecule has 1 amide bonds. The second kappa shape index (κ2) is 9.77. The number of alkyl halides is 3. The van der Waals surface area contributed by atoms with Crippen molar-refractivity contribution in [3.05, 3.63) is 82.3 Å². The molecule has 2 aromatic rings. The monoisotopic (exact) mass is 463 g/mol. The molecule has 8 heteroatoms. The number of amides is 1. The summed E-state index contributed by atoms with van der Waals surface area (Å²) in [6.07, 6.45) is -4.77. The summed E-state index contributed by atoms with van der Waals surface area (Å²) in [6.45, 7) is 5.43. The molecule has 176 valence electrons. The van der Waals surface area contributed by atoms with Crippen LogP contribution in [0.1, 0.15) is 49.8 Å². The Morgan fingerprint density at radius 2 is 1.85 bits per heavy atom. The SMILES string of the molecule is CC1=C(C(=O)OCC(C)C)C(c2cccc(C(F)(F)F)c2)CC(=O)N1Cc1cccc(F)c1. The van der Waals surface area contributed by atoms with E-state index >= 15 is 0 Å². The minimum atomic E-state index is -4.56. The number of benzene rings is 2. The number of carbonyl (C=O) groups is 2. The van der Waals surface area contributed by atoms with E-state index in [1.54, 1.807) is 13.0 Å². The summed E-state index contributed by atoms with van der Waals surface area (Å²) in [5.74, 6) is -2.35. The van der Waals surface area contributed by atoms with Crippen LogP contribution in [-0.2, 0) is 27.0 Å². The highest BCUT2D eigenvalue weighted by Gasteiger charge is 2.38. The molecule has 1 aliphatic rings. The van der Waals surface area contributed by atoms with Crippen molar-refractivity contribution in [1.82, 2.24) is 4.90 Å². The van der Waals surface area contributed by atoms with E-state index in [1.807, 2.05) is 13.8 Å². The van der Waals surface area contributed by atoms with Gasteiger partial charge >= 0.3 is 12.1 Å². The number of carbonyl (C=O) groups excluding carboxylic acids is 2. The number of ether oxygens (including phenoxy) is 1. The number of rotatable bonds is 6. The van der Waals surface area contributed by atoms with Crippen LogP contribution in [0.4, 0.5) is 17.6 Å². The molecule has 0 aliphatic carbocycles. The fourth-order valence-electron chi connectivity index (χ4n) is 3.82. The van der Waals surface area contributed by atoms with Crippen molar-refractivity contribution in [2.75, 3.05) is 6.61 Å². The largest absolute Gasteiger partial charge is 0.462 e. The van der Waals surface area contributed by atoms with E-state index in [1.165, 1.54) is 35.2 Å². The zero-order valence-corrected chi connectivity index (χ0v) is 18.6. The Labute approximate surface area is 189 Å². The van der Waals surface area contributed by atoms with Crippen molar-refractivity contribution in [2.24, 2.45) is 5.92 Å². The van der Waals surface area contributed by atoms with Gasteiger partial charge < -0.3 is 9.64 Å². The second-order valence-electron chi connectivity index (χ2n) is 8.48. The maximum Gasteiger partial charge on any atom is 0.416 e. The van der Waals surface area contributed by atoms with Gasteiger partial charge in [-0.25, -0.2) is 9.18 Å². The Balaban J connectivity index is 2.05. The van der Waals surface area contributed by atoms with E-state index in [0.29, 0.717) is 5.56 Å². The van der Waals surface area contributed by atoms with Crippen LogP contribution in [0.3, 0.4) is 0 Å². The van der Waals surface area contributed by atoms with Crippen LogP contribution in [-0.4, -0.2) is 23.4 Å². The van der Waals surface area contributed by atoms with Gasteiger partial charge in [0, 0.05) is 18.0 Å². The van der Waals surface area contributed by atoms with Crippen molar-refractivity contribution >= 4 is 11.9 Å². The van der Waals surface area contributed by atoms with Crippen molar-refractivity contribution in [1.29, 1.82) is 0 Å². The summed E-state index contributed by atoms with van der Waals surface area (Å²) in [5, 5.41) is 0. The molecule has 3 rings (SSSR count). The van der Waals surface area contributed by atoms with Gasteiger partial charge in [-0.2, -0.15) is 13.2 Å². The van der Waals surface area contributed by atoms with E-state index in [-0.39, 0.29) is 48.2 Å². The summed E-state index contributed by atoms with van der Waals surface area (Å²) in [7, 11) is 0. The smallest absolute Gasteiger partial charge is 0.416 e. The van der Waals surface area contributed by atoms with Crippen molar-refractivity contribution in [2.45, 2.75) is 45.8 Å². The van der Waals surface area contributed by atoms with E-state index < -0.39 is 29.4 Å². The molecule has 1 heterocycles. The first kappa shape index (κ1) is 24.5. The minimum absolute atomic E-state index is 0.0265. The third kappa shape index (κ3) is 5.80. The van der Waals surface area contributed by atoms with Crippen molar-refractivity contribution in [3.8, 4) is 0 Å². The molecule has 0 N–H and O–H groups in total. The van der Waals surface area contributed by atoms with E-state index in [4.69, 9.17) is 4.74 Å². The van der Waals surface area contributed by atoms with Gasteiger partial charge in [-0.05, 0) is 42.2 Å². The molecule has 1 unspecified atom stereocenters. The maximum absolute atomic E-state index is 13.6. The highest BCUT2D eigenvalue weighted by molar-refractivity contribution is 5.95. The van der Waals surface area contributed by atoms with Gasteiger partial charge in [0.25, 0.3) is 0 Å². The first-order valence-corrected chi connectivity index (χ1v) is 10.6. The predicted octanol–water partition coefficient (Wildman–Crippen LogP) is 5.83. The van der Waals surface area contributed by atoms with Crippen LogP contribution in [0, 0.1) is 11.7 Å². The molecule has 33 heavy (non-hydrogen) atoms. The van der Waals surface area contributed by atoms with Gasteiger partial charge in [0.2, 0.25) is 5.91 Å². The number of halogens is 4. The summed E-state index contributed by atoms with van der Waals surface area (Å²) < 4.78 is 58.9. The van der Waals surface area contributed by atoms with E-state index in [9.17, 15) is 27.2 Å². The topological polar surface area (TPSA) is 46.6 Å². The predicted molar refractivity (Wildman–Crippen MR) is 114 cm³/mol. The Morgan fingerprint density at radius 3 is 2.48 bits per heavy atom. The lowest BCUT2D eigenvalue weighted by molar-refractivity contribution is -0.141. The third-order valence-corrected chi connectivity index (χ3v) is 5.44. The van der Waals surface area contributed by atoms with Gasteiger partial charge in [-0.15, -0.1) is 0 Å². The van der Waals surface area contributed by atoms with Crippen LogP contribution >= 0.6 is 0 Å². The maximum atomic E-state index is 13.6. The number of esters is 1. The first-order valence-electron chi connectivity index (χ1n) is 10.6. The Hall–Kier alpha value is -3.16. The summed E-state index contributed by atoms with van der Waals surface area (Å²) in [5.41, 5.74) is 0.286. The molecule has 0 spiro atoms. The van der Waals surface area contributed by atoms with Crippen LogP contribution in [0.2, 0.25) is 0 Å². The van der Waals surface area contributed by atoms with E-state index in [2.05, 4.69) is 0 Å². The molecule has 0 bridgehead atoms. The molecule has 0 saturated heterocycles. The van der Waals surface area contributed by atoms with E-state index in [0.717, 1.165) is 12.1 Å². The fourth-order valence-corrected chi connectivity index (χ4v) is 3.82. The van der Waals surface area contributed by atoms with Crippen LogP contribution < -0.4 is 0 Å². The molecule has 0 aromatic heterocycles. The molecule has 1 aliphatic heterocycles. The zero-order chi connectivity index (χ0) is 24.3. The molecule has 1 atom stereocenters. The molecule has 0 fully saturated rings. The number of allylic oxidation sites excluding steroid dienone is 1. The van der Waals surface area contributed by atoms with Gasteiger partial charge in [-0.1, -0.05) is 44.2 Å². The summed E-state index contributed by atoms with van der Waals surface area (Å²) in [6, 6.07) is 10.4. The number of hydrogen-bond donors (Lipinski definition) is 0. The van der Waals surface area contributed by atoms with Gasteiger partial charge in [0.1, 0.15) is 5.82 Å². The van der Waals surface area contributed by atoms with Crippen LogP contribution in [0.5, 0.6) is 0 Å². The first-order chi connectivity index (χ1) is 15.5. The molecule has 4 nitrogen and oxygen atoms in total. The van der Waals surface area contributed by atoms with Crippen molar-refractivity contribution in [3.63, 3.8) is 0 Å². The quantitative estimate of drug-likeness (QED) is 0.400. The standard InChI is InChI=1S/C25H25F4NO3/c1-15(2)14-33-24(32)23-16(3)30(13-17-6-4-9-20(26)10-17)22(31)12-21(23)18-7-5-8-19(11-18)25(27,28)29/h4-11,15,21H,12-14H2,1-3H3. The highest BCUT2D eigenvalue weighted by atomic mass is 19.4. The third-order valence-electron chi connectivity index (χ3n) is 5.44. The second-order valence-corrected chi connectivity index (χ2v) is 8.48. The normalized spacial score (nSPS) is 17.0. The Bertz CT molecular complexity index is 1080. The van der Waals surface area contributed by atoms with Crippen LogP contribution in [0.15, 0.2) is 59.8 Å². The minimum Gasteiger partial charge on any atom is -0.462 e. The highest BCUT2D eigenvalue weighted by Crippen LogP contribution is 2.39.